The van der Waals surface area contributed by atoms with Crippen molar-refractivity contribution in [3.05, 3.63) is 75.0 Å². The Labute approximate surface area is 170 Å². The molecule has 0 spiro atoms. The Morgan fingerprint density at radius 3 is 2.00 bits per heavy atom. The molecule has 7 heteroatoms. The normalized spacial score (nSPS) is 15.2. The molecule has 0 bridgehead atoms. The van der Waals surface area contributed by atoms with E-state index in [0.717, 1.165) is 0 Å². The summed E-state index contributed by atoms with van der Waals surface area (Å²) in [7, 11) is 0. The maximum absolute atomic E-state index is 12.9. The van der Waals surface area contributed by atoms with Gasteiger partial charge in [-0.05, 0) is 34.6 Å². The van der Waals surface area contributed by atoms with Crippen molar-refractivity contribution in [2.75, 3.05) is 0 Å². The molecular weight excluding hydrogens is 370 g/mol. The molecule has 0 aliphatic heterocycles. The molecule has 0 atom stereocenters. The van der Waals surface area contributed by atoms with Crippen molar-refractivity contribution in [2.45, 2.75) is 41.5 Å². The molecule has 0 radical (unpaired) electrons. The van der Waals surface area contributed by atoms with Gasteiger partial charge >= 0.3 is 5.91 Å². The van der Waals surface area contributed by atoms with E-state index in [1.165, 1.54) is 30.5 Å². The number of carbonyl (C=O) groups is 2. The number of hydrogen-bond donors (Lipinski definition) is 0. The van der Waals surface area contributed by atoms with Gasteiger partial charge in [-0.2, -0.15) is 5.11 Å². The summed E-state index contributed by atoms with van der Waals surface area (Å²) in [6.45, 7) is 11.7. The predicted octanol–water partition coefficient (Wildman–Crippen LogP) is 5.60. The number of carbonyl (C=O) groups excluding carboxylic acids is 2. The van der Waals surface area contributed by atoms with E-state index in [2.05, 4.69) is 10.2 Å². The maximum Gasteiger partial charge on any atom is 0.302 e. The quantitative estimate of drug-likeness (QED) is 0.377. The Morgan fingerprint density at radius 2 is 1.52 bits per heavy atom. The van der Waals surface area contributed by atoms with Gasteiger partial charge in [0.25, 0.3) is 5.69 Å². The fraction of sp³-hybridized carbons (Fsp3) is 0.364. The number of nitro benzene ring substituents is 1. The largest absolute Gasteiger partial charge is 0.302 e. The average Bonchev–Trinajstić information content (AvgIpc) is 2.60. The van der Waals surface area contributed by atoms with Gasteiger partial charge in [-0.1, -0.05) is 53.7 Å². The fourth-order valence-electron chi connectivity index (χ4n) is 2.86. The number of amides is 1. The Bertz CT molecular complexity index is 948. The molecule has 152 valence electrons. The molecule has 2 rings (SSSR count). The molecule has 1 aliphatic rings. The van der Waals surface area contributed by atoms with Crippen LogP contribution in [0.3, 0.4) is 0 Å². The standard InChI is InChI=1S/C22H25N3O4/c1-21(2,3)16-11-14(12-17(19(16)26)22(4,5)6)13-23-24-20(27)15-9-7-8-10-18(15)25(28)29/h7-13H,1-6H3. The first-order chi connectivity index (χ1) is 13.3. The number of para-hydroxylation sites is 1. The van der Waals surface area contributed by atoms with Crippen molar-refractivity contribution in [3.63, 3.8) is 0 Å². The summed E-state index contributed by atoms with van der Waals surface area (Å²) in [5.74, 6) is -0.809. The number of nitro groups is 1. The zero-order valence-electron chi connectivity index (χ0n) is 17.5. The summed E-state index contributed by atoms with van der Waals surface area (Å²) < 4.78 is 0. The van der Waals surface area contributed by atoms with Crippen molar-refractivity contribution in [2.24, 2.45) is 21.1 Å². The van der Waals surface area contributed by atoms with Gasteiger partial charge in [-0.3, -0.25) is 19.7 Å². The molecule has 7 nitrogen and oxygen atoms in total. The molecule has 1 aliphatic carbocycles. The van der Waals surface area contributed by atoms with Crippen LogP contribution in [0.1, 0.15) is 51.9 Å². The minimum absolute atomic E-state index is 0.00456. The van der Waals surface area contributed by atoms with Gasteiger partial charge in [0.1, 0.15) is 5.56 Å². The lowest BCUT2D eigenvalue weighted by Crippen LogP contribution is -2.27. The summed E-state index contributed by atoms with van der Waals surface area (Å²) in [4.78, 5) is 35.6. The Hall–Kier alpha value is -3.22. The van der Waals surface area contributed by atoms with Crippen molar-refractivity contribution in [1.29, 1.82) is 0 Å². The van der Waals surface area contributed by atoms with E-state index in [1.54, 1.807) is 12.2 Å². The number of azo groups is 1. The molecule has 0 aromatic heterocycles. The topological polar surface area (TPSA) is 102 Å². The second-order valence-corrected chi connectivity index (χ2v) is 8.87. The molecule has 0 unspecified atom stereocenters. The van der Waals surface area contributed by atoms with Crippen LogP contribution in [0.2, 0.25) is 0 Å². The number of rotatable bonds is 3. The van der Waals surface area contributed by atoms with E-state index in [-0.39, 0.29) is 27.9 Å². The van der Waals surface area contributed by atoms with Crippen LogP contribution in [0.15, 0.2) is 69.6 Å². The maximum atomic E-state index is 12.9. The molecule has 0 saturated carbocycles. The van der Waals surface area contributed by atoms with Crippen LogP contribution in [0.4, 0.5) is 5.69 Å². The highest BCUT2D eigenvalue weighted by Crippen LogP contribution is 2.38. The minimum Gasteiger partial charge on any atom is -0.289 e. The van der Waals surface area contributed by atoms with Crippen molar-refractivity contribution in [3.8, 4) is 0 Å². The van der Waals surface area contributed by atoms with Crippen LogP contribution in [0.25, 0.3) is 0 Å². The summed E-state index contributed by atoms with van der Waals surface area (Å²) in [6, 6.07) is 5.58. The highest BCUT2D eigenvalue weighted by Gasteiger charge is 2.34. The van der Waals surface area contributed by atoms with Crippen LogP contribution < -0.4 is 0 Å². The fourth-order valence-corrected chi connectivity index (χ4v) is 2.86. The monoisotopic (exact) mass is 395 g/mol. The first-order valence-electron chi connectivity index (χ1n) is 9.20. The van der Waals surface area contributed by atoms with Crippen molar-refractivity contribution >= 4 is 17.4 Å². The Balaban J connectivity index is 2.41. The van der Waals surface area contributed by atoms with E-state index in [1.807, 2.05) is 41.5 Å². The highest BCUT2D eigenvalue weighted by atomic mass is 16.6. The minimum atomic E-state index is -0.805. The zero-order chi connectivity index (χ0) is 22.0. The van der Waals surface area contributed by atoms with Crippen LogP contribution in [0, 0.1) is 20.9 Å². The van der Waals surface area contributed by atoms with Gasteiger partial charge in [0.05, 0.1) is 11.1 Å². The lowest BCUT2D eigenvalue weighted by atomic mass is 9.72. The molecule has 0 fully saturated rings. The number of allylic oxidation sites excluding steroid dienone is 5. The molecular formula is C22H25N3O4. The van der Waals surface area contributed by atoms with E-state index in [0.29, 0.717) is 16.7 Å². The number of Topliss-reactive ketones (excluding diaryl/α,β-unsaturated/α-hetero) is 1. The van der Waals surface area contributed by atoms with Gasteiger partial charge in [0.2, 0.25) is 0 Å². The van der Waals surface area contributed by atoms with E-state index in [9.17, 15) is 19.7 Å². The predicted molar refractivity (Wildman–Crippen MR) is 110 cm³/mol. The van der Waals surface area contributed by atoms with Gasteiger partial charge < -0.3 is 0 Å². The Kier molecular flexibility index (Phi) is 6.11. The number of hydrogen-bond acceptors (Lipinski definition) is 5. The third kappa shape index (κ3) is 5.19. The van der Waals surface area contributed by atoms with Crippen molar-refractivity contribution < 1.29 is 14.5 Å². The highest BCUT2D eigenvalue weighted by molar-refractivity contribution is 6.11. The zero-order valence-corrected chi connectivity index (χ0v) is 17.5. The molecule has 1 aromatic rings. The SMILES string of the molecule is CC(C)(C)C1=CC(=CN=NC(=O)c2ccccc2[N+](=O)[O-])C=C(C(C)(C)C)C1=O. The summed E-state index contributed by atoms with van der Waals surface area (Å²) >= 11 is 0. The summed E-state index contributed by atoms with van der Waals surface area (Å²) in [5, 5.41) is 18.5. The van der Waals surface area contributed by atoms with Crippen LogP contribution >= 0.6 is 0 Å². The molecule has 1 aromatic carbocycles. The van der Waals surface area contributed by atoms with Gasteiger partial charge in [0.15, 0.2) is 5.78 Å². The second kappa shape index (κ2) is 8.03. The van der Waals surface area contributed by atoms with Gasteiger partial charge in [0, 0.05) is 17.2 Å². The molecule has 0 saturated heterocycles. The number of benzene rings is 1. The van der Waals surface area contributed by atoms with E-state index in [4.69, 9.17) is 0 Å². The molecule has 0 heterocycles. The summed E-state index contributed by atoms with van der Waals surface area (Å²) in [6.07, 6.45) is 4.87. The van der Waals surface area contributed by atoms with Crippen LogP contribution in [0.5, 0.6) is 0 Å². The van der Waals surface area contributed by atoms with Crippen LogP contribution in [-0.4, -0.2) is 16.6 Å². The lowest BCUT2D eigenvalue weighted by Gasteiger charge is -2.31. The molecule has 0 N–H and O–H groups in total. The number of ketones is 1. The van der Waals surface area contributed by atoms with E-state index >= 15 is 0 Å². The third-order valence-electron chi connectivity index (χ3n) is 4.41. The van der Waals surface area contributed by atoms with Gasteiger partial charge in [-0.25, -0.2) is 0 Å². The first kappa shape index (κ1) is 22.1. The first-order valence-corrected chi connectivity index (χ1v) is 9.20. The lowest BCUT2D eigenvalue weighted by molar-refractivity contribution is -0.385. The van der Waals surface area contributed by atoms with E-state index < -0.39 is 10.8 Å². The number of nitrogens with zero attached hydrogens (tertiary/aromatic N) is 3. The Morgan fingerprint density at radius 1 is 1.00 bits per heavy atom. The van der Waals surface area contributed by atoms with Gasteiger partial charge in [-0.15, -0.1) is 5.11 Å². The van der Waals surface area contributed by atoms with Crippen LogP contribution in [-0.2, 0) is 4.79 Å². The third-order valence-corrected chi connectivity index (χ3v) is 4.41. The average molecular weight is 395 g/mol. The van der Waals surface area contributed by atoms with Crippen molar-refractivity contribution in [1.82, 2.24) is 0 Å². The molecule has 1 amide bonds. The second-order valence-electron chi connectivity index (χ2n) is 8.87. The smallest absolute Gasteiger partial charge is 0.289 e. The summed E-state index contributed by atoms with van der Waals surface area (Å²) in [5.41, 5.74) is 0.760. The molecule has 29 heavy (non-hydrogen) atoms.